The van der Waals surface area contributed by atoms with Crippen LogP contribution in [0, 0.1) is 20.8 Å². The zero-order valence-corrected chi connectivity index (χ0v) is 17.9. The second-order valence-electron chi connectivity index (χ2n) is 7.81. The van der Waals surface area contributed by atoms with Crippen LogP contribution in [0.3, 0.4) is 0 Å². The molecule has 154 valence electrons. The van der Waals surface area contributed by atoms with E-state index in [1.54, 1.807) is 12.3 Å². The van der Waals surface area contributed by atoms with E-state index < -0.39 is 0 Å². The lowest BCUT2D eigenvalue weighted by Gasteiger charge is -2.10. The van der Waals surface area contributed by atoms with Gasteiger partial charge in [-0.05, 0) is 64.4 Å². The molecule has 0 N–H and O–H groups in total. The van der Waals surface area contributed by atoms with Crippen LogP contribution in [0.5, 0.6) is 0 Å². The summed E-state index contributed by atoms with van der Waals surface area (Å²) >= 11 is 0. The molecule has 0 unspecified atom stereocenters. The van der Waals surface area contributed by atoms with Crippen LogP contribution in [0.15, 0.2) is 42.6 Å². The molecule has 4 rings (SSSR count). The zero-order chi connectivity index (χ0) is 21.4. The molecule has 4 aromatic rings. The van der Waals surface area contributed by atoms with Gasteiger partial charge in [-0.15, -0.1) is 0 Å². The highest BCUT2D eigenvalue weighted by atomic mass is 16.5. The molecule has 0 spiro atoms. The number of fused-ring (bicyclic) bond motifs is 1. The minimum Gasteiger partial charge on any atom is -0.457 e. The summed E-state index contributed by atoms with van der Waals surface area (Å²) in [5.41, 5.74) is 5.88. The van der Waals surface area contributed by atoms with Crippen LogP contribution in [0.1, 0.15) is 52.9 Å². The van der Waals surface area contributed by atoms with Crippen LogP contribution < -0.4 is 0 Å². The van der Waals surface area contributed by atoms with Gasteiger partial charge in [0.05, 0.1) is 28.5 Å². The number of esters is 1. The molecule has 0 bridgehead atoms. The van der Waals surface area contributed by atoms with E-state index in [1.807, 2.05) is 74.3 Å². The van der Waals surface area contributed by atoms with Gasteiger partial charge in [-0.3, -0.25) is 0 Å². The van der Waals surface area contributed by atoms with E-state index in [9.17, 15) is 4.79 Å². The van der Waals surface area contributed by atoms with Gasteiger partial charge >= 0.3 is 5.97 Å². The molecular formula is C23H25N5O2. The number of ether oxygens (including phenoxy) is 1. The molecule has 1 aromatic carbocycles. The molecular weight excluding hydrogens is 378 g/mol. The zero-order valence-electron chi connectivity index (χ0n) is 17.9. The largest absolute Gasteiger partial charge is 0.457 e. The highest BCUT2D eigenvalue weighted by molar-refractivity contribution is 6.02. The van der Waals surface area contributed by atoms with Crippen LogP contribution >= 0.6 is 0 Å². The van der Waals surface area contributed by atoms with E-state index >= 15 is 0 Å². The van der Waals surface area contributed by atoms with Crippen molar-refractivity contribution in [3.8, 4) is 5.69 Å². The Morgan fingerprint density at radius 1 is 1.07 bits per heavy atom. The normalized spacial score (nSPS) is 11.4. The third-order valence-corrected chi connectivity index (χ3v) is 4.96. The summed E-state index contributed by atoms with van der Waals surface area (Å²) < 4.78 is 9.31. The van der Waals surface area contributed by atoms with Crippen molar-refractivity contribution in [3.05, 3.63) is 70.8 Å². The quantitative estimate of drug-likeness (QED) is 0.459. The number of benzene rings is 1. The summed E-state index contributed by atoms with van der Waals surface area (Å²) in [6.07, 6.45) is 1.68. The van der Waals surface area contributed by atoms with Crippen molar-refractivity contribution >= 4 is 17.0 Å². The first-order chi connectivity index (χ1) is 14.3. The molecule has 0 fully saturated rings. The Labute approximate surface area is 175 Å². The van der Waals surface area contributed by atoms with Crippen molar-refractivity contribution in [2.24, 2.45) is 0 Å². The maximum atomic E-state index is 12.8. The first-order valence-electron chi connectivity index (χ1n) is 9.98. The van der Waals surface area contributed by atoms with E-state index in [-0.39, 0.29) is 18.6 Å². The minimum absolute atomic E-state index is 0.154. The van der Waals surface area contributed by atoms with Gasteiger partial charge in [0.25, 0.3) is 0 Å². The van der Waals surface area contributed by atoms with Gasteiger partial charge in [0.1, 0.15) is 6.61 Å². The fraction of sp³-hybridized carbons (Fsp3) is 0.304. The van der Waals surface area contributed by atoms with Gasteiger partial charge in [-0.2, -0.15) is 10.2 Å². The van der Waals surface area contributed by atoms with Crippen LogP contribution in [0.2, 0.25) is 0 Å². The summed E-state index contributed by atoms with van der Waals surface area (Å²) in [5.74, 6) is -0.378. The van der Waals surface area contributed by atoms with Crippen molar-refractivity contribution in [2.75, 3.05) is 0 Å². The Morgan fingerprint density at radius 2 is 1.80 bits per heavy atom. The van der Waals surface area contributed by atoms with Crippen molar-refractivity contribution in [3.63, 3.8) is 0 Å². The lowest BCUT2D eigenvalue weighted by Crippen LogP contribution is -2.08. The average molecular weight is 403 g/mol. The van der Waals surface area contributed by atoms with E-state index in [4.69, 9.17) is 4.74 Å². The highest BCUT2D eigenvalue weighted by Crippen LogP contribution is 2.22. The predicted octanol–water partition coefficient (Wildman–Crippen LogP) is 4.48. The molecule has 0 saturated heterocycles. The third-order valence-electron chi connectivity index (χ3n) is 4.96. The summed E-state index contributed by atoms with van der Waals surface area (Å²) in [6.45, 7) is 10.1. The molecule has 7 heteroatoms. The second-order valence-corrected chi connectivity index (χ2v) is 7.81. The van der Waals surface area contributed by atoms with Gasteiger partial charge in [0, 0.05) is 17.4 Å². The fourth-order valence-electron chi connectivity index (χ4n) is 3.54. The number of rotatable bonds is 5. The van der Waals surface area contributed by atoms with Gasteiger partial charge in [-0.1, -0.05) is 12.1 Å². The van der Waals surface area contributed by atoms with Gasteiger partial charge in [-0.25, -0.2) is 19.1 Å². The SMILES string of the molecule is Cc1cc(C(=O)OCc2ccc(-n3nc(C)cc3C)cc2)c2cnn(C(C)C)c2n1. The number of aromatic nitrogens is 5. The molecule has 0 radical (unpaired) electrons. The second kappa shape index (κ2) is 7.74. The number of hydrogen-bond acceptors (Lipinski definition) is 5. The molecule has 30 heavy (non-hydrogen) atoms. The van der Waals surface area contributed by atoms with Crippen molar-refractivity contribution in [1.29, 1.82) is 0 Å². The Bertz CT molecular complexity index is 1220. The maximum Gasteiger partial charge on any atom is 0.339 e. The van der Waals surface area contributed by atoms with Crippen molar-refractivity contribution in [1.82, 2.24) is 24.5 Å². The first kappa shape index (κ1) is 19.8. The number of aryl methyl sites for hydroxylation is 3. The molecule has 0 saturated carbocycles. The molecule has 3 heterocycles. The fourth-order valence-corrected chi connectivity index (χ4v) is 3.54. The number of hydrogen-bond donors (Lipinski definition) is 0. The van der Waals surface area contributed by atoms with Crippen LogP contribution in [0.4, 0.5) is 0 Å². The van der Waals surface area contributed by atoms with Crippen molar-refractivity contribution < 1.29 is 9.53 Å². The Balaban J connectivity index is 1.52. The lowest BCUT2D eigenvalue weighted by atomic mass is 10.1. The van der Waals surface area contributed by atoms with Crippen LogP contribution in [-0.2, 0) is 11.3 Å². The van der Waals surface area contributed by atoms with Crippen molar-refractivity contribution in [2.45, 2.75) is 47.3 Å². The minimum atomic E-state index is -0.378. The Hall–Kier alpha value is -3.48. The van der Waals surface area contributed by atoms with E-state index in [2.05, 4.69) is 15.2 Å². The van der Waals surface area contributed by atoms with Gasteiger partial charge < -0.3 is 4.74 Å². The van der Waals surface area contributed by atoms with Crippen LogP contribution in [0.25, 0.3) is 16.7 Å². The molecule has 0 amide bonds. The van der Waals surface area contributed by atoms with Gasteiger partial charge in [0.15, 0.2) is 5.65 Å². The summed E-state index contributed by atoms with van der Waals surface area (Å²) in [7, 11) is 0. The monoisotopic (exact) mass is 403 g/mol. The van der Waals surface area contributed by atoms with Gasteiger partial charge in [0.2, 0.25) is 0 Å². The average Bonchev–Trinajstić information content (AvgIpc) is 3.28. The molecule has 3 aromatic heterocycles. The molecule has 7 nitrogen and oxygen atoms in total. The smallest absolute Gasteiger partial charge is 0.339 e. The number of carbonyl (C=O) groups is 1. The summed E-state index contributed by atoms with van der Waals surface area (Å²) in [6, 6.07) is 11.8. The Morgan fingerprint density at radius 3 is 2.43 bits per heavy atom. The summed E-state index contributed by atoms with van der Waals surface area (Å²) in [5, 5.41) is 9.58. The van der Waals surface area contributed by atoms with Crippen LogP contribution in [-0.4, -0.2) is 30.5 Å². The van der Waals surface area contributed by atoms with E-state index in [0.717, 1.165) is 28.3 Å². The molecule has 0 aliphatic rings. The highest BCUT2D eigenvalue weighted by Gasteiger charge is 2.18. The number of carbonyl (C=O) groups excluding carboxylic acids is 1. The lowest BCUT2D eigenvalue weighted by molar-refractivity contribution is 0.0475. The predicted molar refractivity (Wildman–Crippen MR) is 115 cm³/mol. The first-order valence-corrected chi connectivity index (χ1v) is 9.98. The standard InChI is InChI=1S/C23H25N5O2/c1-14(2)27-22-21(12-24-27)20(11-15(3)25-22)23(29)30-13-18-6-8-19(9-7-18)28-17(5)10-16(4)26-28/h6-12,14H,13H2,1-5H3. The van der Waals surface area contributed by atoms with E-state index in [1.165, 1.54) is 0 Å². The number of pyridine rings is 1. The Kier molecular flexibility index (Phi) is 5.11. The molecule has 0 atom stereocenters. The van der Waals surface area contributed by atoms with E-state index in [0.29, 0.717) is 16.6 Å². The number of nitrogens with zero attached hydrogens (tertiary/aromatic N) is 5. The topological polar surface area (TPSA) is 74.8 Å². The summed E-state index contributed by atoms with van der Waals surface area (Å²) in [4.78, 5) is 17.3. The molecule has 0 aliphatic heterocycles. The third kappa shape index (κ3) is 3.70. The maximum absolute atomic E-state index is 12.8. The molecule has 0 aliphatic carbocycles.